The van der Waals surface area contributed by atoms with Crippen LogP contribution in [-0.4, -0.2) is 46.4 Å². The summed E-state index contributed by atoms with van der Waals surface area (Å²) in [6, 6.07) is 14.6. The number of nitriles is 1. The van der Waals surface area contributed by atoms with Crippen LogP contribution in [0, 0.1) is 11.3 Å². The maximum absolute atomic E-state index is 13.1. The minimum atomic E-state index is -0.155. The Labute approximate surface area is 169 Å². The number of anilines is 1. The molecule has 7 nitrogen and oxygen atoms in total. The van der Waals surface area contributed by atoms with Crippen LogP contribution in [0.15, 0.2) is 48.7 Å². The highest BCUT2D eigenvalue weighted by Crippen LogP contribution is 2.28. The van der Waals surface area contributed by atoms with Gasteiger partial charge in [-0.3, -0.25) is 9.78 Å². The molecule has 0 saturated heterocycles. The summed E-state index contributed by atoms with van der Waals surface area (Å²) in [5.74, 6) is 1.23. The van der Waals surface area contributed by atoms with Crippen LogP contribution in [-0.2, 0) is 13.0 Å². The summed E-state index contributed by atoms with van der Waals surface area (Å²) in [5, 5.41) is 9.33. The van der Waals surface area contributed by atoms with Gasteiger partial charge in [-0.1, -0.05) is 18.2 Å². The van der Waals surface area contributed by atoms with Gasteiger partial charge in [0, 0.05) is 32.4 Å². The molecule has 2 aromatic heterocycles. The largest absolute Gasteiger partial charge is 0.362 e. The lowest BCUT2D eigenvalue weighted by Crippen LogP contribution is -2.37. The van der Waals surface area contributed by atoms with Crippen molar-refractivity contribution in [3.63, 3.8) is 0 Å². The summed E-state index contributed by atoms with van der Waals surface area (Å²) < 4.78 is 0. The number of benzene rings is 1. The molecule has 3 aromatic rings. The fourth-order valence-electron chi connectivity index (χ4n) is 3.50. The molecule has 3 heterocycles. The number of hydrogen-bond acceptors (Lipinski definition) is 6. The lowest BCUT2D eigenvalue weighted by molar-refractivity contribution is 0.0731. The Kier molecular flexibility index (Phi) is 4.92. The standard InChI is InChI=1S/C22H20N6O/c1-27(2)21-17-10-12-28(22(29)16-8-4-3-7-15(16)13-23)14-19(17)25-20(26-21)18-9-5-6-11-24-18/h3-9,11H,10,12,14H2,1-2H3. The molecule has 0 atom stereocenters. The fourth-order valence-corrected chi connectivity index (χ4v) is 3.50. The lowest BCUT2D eigenvalue weighted by Gasteiger charge is -2.31. The van der Waals surface area contributed by atoms with E-state index in [0.29, 0.717) is 42.2 Å². The Bertz CT molecular complexity index is 1100. The first-order valence-corrected chi connectivity index (χ1v) is 9.35. The molecule has 144 valence electrons. The third kappa shape index (κ3) is 3.52. The highest BCUT2D eigenvalue weighted by Gasteiger charge is 2.28. The van der Waals surface area contributed by atoms with Crippen LogP contribution in [0.2, 0.25) is 0 Å². The van der Waals surface area contributed by atoms with Gasteiger partial charge in [0.25, 0.3) is 5.91 Å². The van der Waals surface area contributed by atoms with Crippen molar-refractivity contribution in [3.05, 3.63) is 71.0 Å². The summed E-state index contributed by atoms with van der Waals surface area (Å²) in [6.45, 7) is 0.926. The van der Waals surface area contributed by atoms with E-state index in [-0.39, 0.29) is 5.91 Å². The molecule has 0 N–H and O–H groups in total. The predicted molar refractivity (Wildman–Crippen MR) is 109 cm³/mol. The zero-order valence-electron chi connectivity index (χ0n) is 16.3. The molecule has 0 saturated carbocycles. The molecule has 0 unspecified atom stereocenters. The molecular weight excluding hydrogens is 364 g/mol. The van der Waals surface area contributed by atoms with E-state index in [9.17, 15) is 10.1 Å². The molecule has 1 aromatic carbocycles. The number of nitrogens with zero attached hydrogens (tertiary/aromatic N) is 6. The Balaban J connectivity index is 1.72. The first-order chi connectivity index (χ1) is 14.1. The topological polar surface area (TPSA) is 86.0 Å². The van der Waals surface area contributed by atoms with Gasteiger partial charge in [-0.05, 0) is 30.7 Å². The van der Waals surface area contributed by atoms with E-state index in [0.717, 1.165) is 17.1 Å². The molecule has 1 aliphatic rings. The monoisotopic (exact) mass is 384 g/mol. The van der Waals surface area contributed by atoms with Crippen molar-refractivity contribution in [1.29, 1.82) is 5.26 Å². The molecule has 29 heavy (non-hydrogen) atoms. The van der Waals surface area contributed by atoms with Crippen molar-refractivity contribution >= 4 is 11.7 Å². The SMILES string of the molecule is CN(C)c1nc(-c2ccccn2)nc2c1CCN(C(=O)c1ccccc1C#N)C2. The highest BCUT2D eigenvalue weighted by molar-refractivity contribution is 5.96. The van der Waals surface area contributed by atoms with Gasteiger partial charge in [0.1, 0.15) is 11.5 Å². The van der Waals surface area contributed by atoms with Gasteiger partial charge in [0.2, 0.25) is 0 Å². The smallest absolute Gasteiger partial charge is 0.255 e. The average molecular weight is 384 g/mol. The number of pyridine rings is 1. The number of carbonyl (C=O) groups is 1. The molecule has 1 amide bonds. The number of aromatic nitrogens is 3. The third-order valence-corrected chi connectivity index (χ3v) is 4.93. The first-order valence-electron chi connectivity index (χ1n) is 9.35. The number of hydrogen-bond donors (Lipinski definition) is 0. The second kappa shape index (κ2) is 7.68. The number of carbonyl (C=O) groups excluding carboxylic acids is 1. The van der Waals surface area contributed by atoms with Crippen LogP contribution in [0.5, 0.6) is 0 Å². The molecule has 7 heteroatoms. The maximum Gasteiger partial charge on any atom is 0.255 e. The van der Waals surface area contributed by atoms with E-state index in [1.807, 2.05) is 37.2 Å². The van der Waals surface area contributed by atoms with Crippen LogP contribution in [0.3, 0.4) is 0 Å². The molecule has 0 aliphatic carbocycles. The molecule has 0 spiro atoms. The van der Waals surface area contributed by atoms with Crippen LogP contribution in [0.25, 0.3) is 11.5 Å². The number of amides is 1. The Morgan fingerprint density at radius 1 is 1.14 bits per heavy atom. The predicted octanol–water partition coefficient (Wildman–Crippen LogP) is 2.67. The van der Waals surface area contributed by atoms with Crippen molar-refractivity contribution in [1.82, 2.24) is 19.9 Å². The number of fused-ring (bicyclic) bond motifs is 1. The van der Waals surface area contributed by atoms with Gasteiger partial charge in [-0.25, -0.2) is 9.97 Å². The van der Waals surface area contributed by atoms with E-state index in [2.05, 4.69) is 11.1 Å². The molecule has 0 radical (unpaired) electrons. The molecular formula is C22H20N6O. The number of rotatable bonds is 3. The quantitative estimate of drug-likeness (QED) is 0.690. The summed E-state index contributed by atoms with van der Waals surface area (Å²) in [6.07, 6.45) is 2.37. The highest BCUT2D eigenvalue weighted by atomic mass is 16.2. The van der Waals surface area contributed by atoms with Gasteiger partial charge < -0.3 is 9.80 Å². The second-order valence-electron chi connectivity index (χ2n) is 7.04. The van der Waals surface area contributed by atoms with E-state index in [1.165, 1.54) is 0 Å². The van der Waals surface area contributed by atoms with Gasteiger partial charge in [0.15, 0.2) is 5.82 Å². The average Bonchev–Trinajstić information content (AvgIpc) is 2.77. The normalized spacial score (nSPS) is 12.8. The van der Waals surface area contributed by atoms with E-state index in [1.54, 1.807) is 35.4 Å². The Morgan fingerprint density at radius 3 is 2.66 bits per heavy atom. The maximum atomic E-state index is 13.1. The summed E-state index contributed by atoms with van der Waals surface area (Å²) in [7, 11) is 3.90. The van der Waals surface area contributed by atoms with Crippen LogP contribution >= 0.6 is 0 Å². The van der Waals surface area contributed by atoms with Crippen LogP contribution < -0.4 is 4.90 Å². The molecule has 1 aliphatic heterocycles. The second-order valence-corrected chi connectivity index (χ2v) is 7.04. The zero-order chi connectivity index (χ0) is 20.4. The lowest BCUT2D eigenvalue weighted by atomic mass is 10.0. The molecule has 0 bridgehead atoms. The van der Waals surface area contributed by atoms with Crippen molar-refractivity contribution in [2.45, 2.75) is 13.0 Å². The van der Waals surface area contributed by atoms with E-state index >= 15 is 0 Å². The van der Waals surface area contributed by atoms with Gasteiger partial charge in [-0.15, -0.1) is 0 Å². The van der Waals surface area contributed by atoms with Crippen molar-refractivity contribution in [2.24, 2.45) is 0 Å². The minimum Gasteiger partial charge on any atom is -0.362 e. The minimum absolute atomic E-state index is 0.155. The summed E-state index contributed by atoms with van der Waals surface area (Å²) >= 11 is 0. The van der Waals surface area contributed by atoms with Crippen molar-refractivity contribution in [2.75, 3.05) is 25.5 Å². The van der Waals surface area contributed by atoms with E-state index in [4.69, 9.17) is 9.97 Å². The molecule has 4 rings (SSSR count). The summed E-state index contributed by atoms with van der Waals surface area (Å²) in [4.78, 5) is 30.6. The van der Waals surface area contributed by atoms with Gasteiger partial charge in [0.05, 0.1) is 29.4 Å². The Hall–Kier alpha value is -3.79. The fraction of sp³-hybridized carbons (Fsp3) is 0.227. The summed E-state index contributed by atoms with van der Waals surface area (Å²) in [5.41, 5.74) is 3.36. The molecule has 0 fully saturated rings. The van der Waals surface area contributed by atoms with Crippen LogP contribution in [0.1, 0.15) is 27.2 Å². The van der Waals surface area contributed by atoms with Gasteiger partial charge >= 0.3 is 0 Å². The zero-order valence-corrected chi connectivity index (χ0v) is 16.3. The Morgan fingerprint density at radius 2 is 1.93 bits per heavy atom. The third-order valence-electron chi connectivity index (χ3n) is 4.93. The first kappa shape index (κ1) is 18.6. The van der Waals surface area contributed by atoms with E-state index < -0.39 is 0 Å². The van der Waals surface area contributed by atoms with Crippen molar-refractivity contribution < 1.29 is 4.79 Å². The van der Waals surface area contributed by atoms with Crippen molar-refractivity contribution in [3.8, 4) is 17.6 Å². The van der Waals surface area contributed by atoms with Gasteiger partial charge in [-0.2, -0.15) is 5.26 Å². The van der Waals surface area contributed by atoms with Crippen LogP contribution in [0.4, 0.5) is 5.82 Å².